The van der Waals surface area contributed by atoms with Crippen LogP contribution in [0.5, 0.6) is 0 Å². The molecule has 122 valence electrons. The number of benzene rings is 1. The summed E-state index contributed by atoms with van der Waals surface area (Å²) in [5, 5.41) is 2.88. The Morgan fingerprint density at radius 1 is 1.36 bits per heavy atom. The van der Waals surface area contributed by atoms with Gasteiger partial charge in [0.05, 0.1) is 11.5 Å². The Kier molecular flexibility index (Phi) is 5.86. The summed E-state index contributed by atoms with van der Waals surface area (Å²) in [6, 6.07) is 7.59. The molecule has 0 saturated carbocycles. The average molecular weight is 389 g/mol. The first kappa shape index (κ1) is 17.3. The molecule has 7 heteroatoms. The molecule has 1 N–H and O–H groups in total. The summed E-state index contributed by atoms with van der Waals surface area (Å²) in [6.45, 7) is 2.93. The molecule has 0 aromatic heterocycles. The zero-order chi connectivity index (χ0) is 16.2. The number of hydrogen-bond donors (Lipinski definition) is 1. The van der Waals surface area contributed by atoms with Crippen LogP contribution in [0.4, 0.5) is 4.79 Å². The Labute approximate surface area is 140 Å². The molecule has 0 bridgehead atoms. The SMILES string of the molecule is CCN(C(=O)NCCc1ccc(Br)cc1)C1CCS(=O)(=O)C1. The highest BCUT2D eigenvalue weighted by atomic mass is 79.9. The van der Waals surface area contributed by atoms with Crippen LogP contribution in [0.25, 0.3) is 0 Å². The van der Waals surface area contributed by atoms with Crippen LogP contribution in [0.2, 0.25) is 0 Å². The summed E-state index contributed by atoms with van der Waals surface area (Å²) in [6.07, 6.45) is 1.29. The van der Waals surface area contributed by atoms with Gasteiger partial charge in [0.2, 0.25) is 0 Å². The molecule has 0 aliphatic carbocycles. The summed E-state index contributed by atoms with van der Waals surface area (Å²) >= 11 is 3.39. The average Bonchev–Trinajstić information content (AvgIpc) is 2.82. The van der Waals surface area contributed by atoms with Crippen molar-refractivity contribution in [1.29, 1.82) is 0 Å². The van der Waals surface area contributed by atoms with Gasteiger partial charge in [-0.15, -0.1) is 0 Å². The van der Waals surface area contributed by atoms with Crippen molar-refractivity contribution in [3.63, 3.8) is 0 Å². The highest BCUT2D eigenvalue weighted by Gasteiger charge is 2.33. The molecule has 1 unspecified atom stereocenters. The number of halogens is 1. The molecule has 0 radical (unpaired) electrons. The smallest absolute Gasteiger partial charge is 0.317 e. The fourth-order valence-electron chi connectivity index (χ4n) is 2.66. The van der Waals surface area contributed by atoms with Gasteiger partial charge in [-0.3, -0.25) is 0 Å². The van der Waals surface area contributed by atoms with E-state index in [-0.39, 0.29) is 23.6 Å². The highest BCUT2D eigenvalue weighted by molar-refractivity contribution is 9.10. The van der Waals surface area contributed by atoms with Crippen molar-refractivity contribution in [2.75, 3.05) is 24.6 Å². The fourth-order valence-corrected chi connectivity index (χ4v) is 4.65. The van der Waals surface area contributed by atoms with E-state index in [1.54, 1.807) is 4.90 Å². The lowest BCUT2D eigenvalue weighted by molar-refractivity contribution is 0.184. The molecule has 1 fully saturated rings. The predicted molar refractivity (Wildman–Crippen MR) is 90.7 cm³/mol. The standard InChI is InChI=1S/C15H21BrN2O3S/c1-2-18(14-8-10-22(20,21)11-14)15(19)17-9-7-12-3-5-13(16)6-4-12/h3-6,14H,2,7-11H2,1H3,(H,17,19). The number of nitrogens with zero attached hydrogens (tertiary/aromatic N) is 1. The molecule has 2 amide bonds. The Morgan fingerprint density at radius 2 is 2.05 bits per heavy atom. The van der Waals surface area contributed by atoms with Crippen LogP contribution in [0.1, 0.15) is 18.9 Å². The maximum atomic E-state index is 12.2. The molecule has 1 atom stereocenters. The van der Waals surface area contributed by atoms with Crippen LogP contribution in [-0.4, -0.2) is 50.0 Å². The lowest BCUT2D eigenvalue weighted by Crippen LogP contribution is -2.47. The molecule has 1 aliphatic rings. The van der Waals surface area contributed by atoms with Gasteiger partial charge in [-0.05, 0) is 37.5 Å². The van der Waals surface area contributed by atoms with Crippen LogP contribution < -0.4 is 5.32 Å². The zero-order valence-electron chi connectivity index (χ0n) is 12.6. The first-order valence-electron chi connectivity index (χ1n) is 7.40. The van der Waals surface area contributed by atoms with E-state index >= 15 is 0 Å². The van der Waals surface area contributed by atoms with E-state index in [0.717, 1.165) is 16.5 Å². The van der Waals surface area contributed by atoms with E-state index in [2.05, 4.69) is 21.2 Å². The maximum Gasteiger partial charge on any atom is 0.317 e. The quantitative estimate of drug-likeness (QED) is 0.840. The number of urea groups is 1. The largest absolute Gasteiger partial charge is 0.338 e. The van der Waals surface area contributed by atoms with Gasteiger partial charge in [0.25, 0.3) is 0 Å². The van der Waals surface area contributed by atoms with Crippen molar-refractivity contribution < 1.29 is 13.2 Å². The number of rotatable bonds is 5. The van der Waals surface area contributed by atoms with Crippen LogP contribution >= 0.6 is 15.9 Å². The molecule has 1 aromatic carbocycles. The number of sulfone groups is 1. The van der Waals surface area contributed by atoms with Crippen LogP contribution in [0.15, 0.2) is 28.7 Å². The van der Waals surface area contributed by atoms with Crippen molar-refractivity contribution >= 4 is 31.8 Å². The maximum absolute atomic E-state index is 12.2. The number of hydrogen-bond acceptors (Lipinski definition) is 3. The van der Waals surface area contributed by atoms with Crippen LogP contribution in [0.3, 0.4) is 0 Å². The molecule has 5 nitrogen and oxygen atoms in total. The van der Waals surface area contributed by atoms with Crippen molar-refractivity contribution in [1.82, 2.24) is 10.2 Å². The first-order chi connectivity index (χ1) is 10.4. The molecule has 1 aliphatic heterocycles. The molecule has 2 rings (SSSR count). The first-order valence-corrected chi connectivity index (χ1v) is 10.0. The van der Waals surface area contributed by atoms with Gasteiger partial charge in [0.15, 0.2) is 9.84 Å². The predicted octanol–water partition coefficient (Wildman–Crippen LogP) is 2.21. The van der Waals surface area contributed by atoms with E-state index in [4.69, 9.17) is 0 Å². The van der Waals surface area contributed by atoms with Gasteiger partial charge in [-0.1, -0.05) is 28.1 Å². The van der Waals surface area contributed by atoms with Gasteiger partial charge < -0.3 is 10.2 Å². The second-order valence-electron chi connectivity index (χ2n) is 5.45. The summed E-state index contributed by atoms with van der Waals surface area (Å²) in [5.74, 6) is 0.265. The number of nitrogens with one attached hydrogen (secondary N) is 1. The lowest BCUT2D eigenvalue weighted by Gasteiger charge is -2.27. The van der Waals surface area contributed by atoms with E-state index in [1.807, 2.05) is 31.2 Å². The topological polar surface area (TPSA) is 66.5 Å². The van der Waals surface area contributed by atoms with Crippen molar-refractivity contribution in [3.8, 4) is 0 Å². The van der Waals surface area contributed by atoms with Gasteiger partial charge in [0, 0.05) is 23.6 Å². The Morgan fingerprint density at radius 3 is 2.59 bits per heavy atom. The van der Waals surface area contributed by atoms with Gasteiger partial charge in [-0.2, -0.15) is 0 Å². The minimum Gasteiger partial charge on any atom is -0.338 e. The summed E-state index contributed by atoms with van der Waals surface area (Å²) in [7, 11) is -2.98. The Bertz CT molecular complexity index is 616. The summed E-state index contributed by atoms with van der Waals surface area (Å²) < 4.78 is 24.1. The molecule has 1 aromatic rings. The fraction of sp³-hybridized carbons (Fsp3) is 0.533. The molecule has 1 saturated heterocycles. The van der Waals surface area contributed by atoms with Crippen molar-refractivity contribution in [2.45, 2.75) is 25.8 Å². The second-order valence-corrected chi connectivity index (χ2v) is 8.60. The Hall–Kier alpha value is -1.08. The molecule has 0 spiro atoms. The van der Waals surface area contributed by atoms with E-state index in [1.165, 1.54) is 0 Å². The zero-order valence-corrected chi connectivity index (χ0v) is 15.0. The second kappa shape index (κ2) is 7.46. The van der Waals surface area contributed by atoms with E-state index in [0.29, 0.717) is 19.5 Å². The van der Waals surface area contributed by atoms with Crippen LogP contribution in [0, 0.1) is 0 Å². The third kappa shape index (κ3) is 4.71. The molecular weight excluding hydrogens is 368 g/mol. The number of carbonyl (C=O) groups is 1. The molecular formula is C15H21BrN2O3S. The summed E-state index contributed by atoms with van der Waals surface area (Å²) in [4.78, 5) is 13.9. The van der Waals surface area contributed by atoms with Gasteiger partial charge in [-0.25, -0.2) is 13.2 Å². The van der Waals surface area contributed by atoms with E-state index < -0.39 is 9.84 Å². The lowest BCUT2D eigenvalue weighted by atomic mass is 10.1. The monoisotopic (exact) mass is 388 g/mol. The Balaban J connectivity index is 1.83. The van der Waals surface area contributed by atoms with E-state index in [9.17, 15) is 13.2 Å². The third-order valence-electron chi connectivity index (χ3n) is 3.85. The minimum absolute atomic E-state index is 0.0843. The summed E-state index contributed by atoms with van der Waals surface area (Å²) in [5.41, 5.74) is 1.15. The van der Waals surface area contributed by atoms with Gasteiger partial charge in [0.1, 0.15) is 0 Å². The highest BCUT2D eigenvalue weighted by Crippen LogP contribution is 2.17. The number of carbonyl (C=O) groups excluding carboxylic acids is 1. The van der Waals surface area contributed by atoms with Gasteiger partial charge >= 0.3 is 6.03 Å². The molecule has 22 heavy (non-hydrogen) atoms. The number of amides is 2. The normalized spacial score (nSPS) is 19.8. The van der Waals surface area contributed by atoms with Crippen LogP contribution in [-0.2, 0) is 16.3 Å². The molecule has 1 heterocycles. The minimum atomic E-state index is -2.98. The third-order valence-corrected chi connectivity index (χ3v) is 6.13. The van der Waals surface area contributed by atoms with Crippen molar-refractivity contribution in [3.05, 3.63) is 34.3 Å². The van der Waals surface area contributed by atoms with Crippen molar-refractivity contribution in [2.24, 2.45) is 0 Å².